The highest BCUT2D eigenvalue weighted by molar-refractivity contribution is 5.70. The van der Waals surface area contributed by atoms with Crippen LogP contribution in [0.25, 0.3) is 0 Å². The van der Waals surface area contributed by atoms with Crippen LogP contribution in [0.4, 0.5) is 0 Å². The lowest BCUT2D eigenvalue weighted by molar-refractivity contribution is -0.332. The Kier molecular flexibility index (Phi) is 32.1. The van der Waals surface area contributed by atoms with Gasteiger partial charge in [0.15, 0.2) is 18.7 Å². The van der Waals surface area contributed by atoms with Crippen molar-refractivity contribution in [2.24, 2.45) is 0 Å². The first-order valence-corrected chi connectivity index (χ1v) is 23.7. The van der Waals surface area contributed by atoms with Crippen LogP contribution in [0.2, 0.25) is 0 Å². The maximum atomic E-state index is 12.9. The van der Waals surface area contributed by atoms with Crippen LogP contribution >= 0.6 is 0 Å². The third kappa shape index (κ3) is 24.5. The average Bonchev–Trinajstić information content (AvgIpc) is 3.28. The lowest BCUT2D eigenvalue weighted by Crippen LogP contribution is -2.61. The summed E-state index contributed by atoms with van der Waals surface area (Å²) in [5.41, 5.74) is 0. The van der Waals surface area contributed by atoms with Gasteiger partial charge in [-0.25, -0.2) is 0 Å². The number of rotatable bonds is 35. The molecule has 0 aliphatic carbocycles. The van der Waals surface area contributed by atoms with E-state index in [-0.39, 0.29) is 19.4 Å². The lowest BCUT2D eigenvalue weighted by Gasteiger charge is -2.42. The molecule has 7 N–H and O–H groups in total. The average molecular weight is 899 g/mol. The summed E-state index contributed by atoms with van der Waals surface area (Å²) in [4.78, 5) is 25.6. The van der Waals surface area contributed by atoms with Crippen molar-refractivity contribution in [3.8, 4) is 0 Å². The van der Waals surface area contributed by atoms with E-state index in [1.54, 1.807) is 0 Å². The normalized spacial score (nSPS) is 27.3. The van der Waals surface area contributed by atoms with Crippen molar-refractivity contribution in [2.75, 3.05) is 26.4 Å². The molecule has 11 atom stereocenters. The first-order valence-electron chi connectivity index (χ1n) is 23.7. The molecular weight excluding hydrogens is 817 g/mol. The number of aliphatic hydroxyl groups is 7. The van der Waals surface area contributed by atoms with Crippen molar-refractivity contribution in [1.29, 1.82) is 0 Å². The summed E-state index contributed by atoms with van der Waals surface area (Å²) in [7, 11) is 0. The largest absolute Gasteiger partial charge is 0.462 e. The van der Waals surface area contributed by atoms with Gasteiger partial charge in [-0.05, 0) is 77.0 Å². The molecule has 15 nitrogen and oxygen atoms in total. The van der Waals surface area contributed by atoms with E-state index >= 15 is 0 Å². The second kappa shape index (κ2) is 35.7. The standard InChI is InChI=1S/C48H82O15/c1-3-5-7-9-11-13-15-17-18-19-21-22-24-26-28-30-39(50)58-33-36(61-40(51)31-29-27-25-23-20-16-14-12-10-8-6-4-2)34-59-47-46(57)44(55)42(53)38(63-47)35-60-48-45(56)43(54)41(52)37(32-49)62-48/h11-14,17-18,21-22,36-38,41-49,52-57H,3-10,15-16,19-20,23-35H2,1-2H3/b13-11+,14-12+,18-17+,22-21+/t36-,37-,38-,41+,42+,43?,44?,45?,46?,47-,48-/m1/s1. The van der Waals surface area contributed by atoms with Gasteiger partial charge in [0.05, 0.1) is 19.8 Å². The van der Waals surface area contributed by atoms with Crippen LogP contribution in [-0.2, 0) is 38.0 Å². The van der Waals surface area contributed by atoms with Gasteiger partial charge in [-0.2, -0.15) is 0 Å². The first kappa shape index (κ1) is 56.6. The Morgan fingerprint density at radius 3 is 1.54 bits per heavy atom. The van der Waals surface area contributed by atoms with Crippen molar-refractivity contribution in [1.82, 2.24) is 0 Å². The van der Waals surface area contributed by atoms with Gasteiger partial charge in [0, 0.05) is 12.8 Å². The third-order valence-electron chi connectivity index (χ3n) is 11.0. The van der Waals surface area contributed by atoms with Gasteiger partial charge in [-0.1, -0.05) is 107 Å². The maximum absolute atomic E-state index is 12.9. The summed E-state index contributed by atoms with van der Waals surface area (Å²) < 4.78 is 33.4. The number of allylic oxidation sites excluding steroid dienone is 8. The lowest BCUT2D eigenvalue weighted by atomic mass is 9.98. The topological polar surface area (TPSA) is 231 Å². The van der Waals surface area contributed by atoms with Crippen LogP contribution in [0.15, 0.2) is 48.6 Å². The Hall–Kier alpha value is -2.54. The number of carbonyl (C=O) groups excluding carboxylic acids is 2. The predicted octanol–water partition coefficient (Wildman–Crippen LogP) is 5.54. The minimum atomic E-state index is -1.77. The molecule has 0 radical (unpaired) electrons. The number of esters is 2. The molecule has 0 bridgehead atoms. The van der Waals surface area contributed by atoms with Crippen LogP contribution in [0.1, 0.15) is 149 Å². The fourth-order valence-electron chi connectivity index (χ4n) is 7.04. The fourth-order valence-corrected chi connectivity index (χ4v) is 7.04. The zero-order valence-corrected chi connectivity index (χ0v) is 38.0. The van der Waals surface area contributed by atoms with Gasteiger partial charge in [0.1, 0.15) is 55.4 Å². The van der Waals surface area contributed by atoms with E-state index in [2.05, 4.69) is 62.5 Å². The highest BCUT2D eigenvalue weighted by atomic mass is 16.7. The van der Waals surface area contributed by atoms with E-state index < -0.39 is 99.3 Å². The van der Waals surface area contributed by atoms with Crippen molar-refractivity contribution >= 4 is 11.9 Å². The highest BCUT2D eigenvalue weighted by Crippen LogP contribution is 2.26. The molecule has 63 heavy (non-hydrogen) atoms. The van der Waals surface area contributed by atoms with E-state index in [0.717, 1.165) is 70.6 Å². The van der Waals surface area contributed by atoms with Crippen LogP contribution in [0.5, 0.6) is 0 Å². The van der Waals surface area contributed by atoms with Gasteiger partial charge in [0.25, 0.3) is 0 Å². The zero-order valence-electron chi connectivity index (χ0n) is 38.0. The molecule has 2 heterocycles. The molecule has 15 heteroatoms. The molecule has 2 aliphatic heterocycles. The zero-order chi connectivity index (χ0) is 46.1. The number of ether oxygens (including phenoxy) is 6. The second-order valence-corrected chi connectivity index (χ2v) is 16.6. The van der Waals surface area contributed by atoms with E-state index in [1.807, 2.05) is 0 Å². The molecule has 4 unspecified atom stereocenters. The van der Waals surface area contributed by atoms with Crippen LogP contribution in [0, 0.1) is 0 Å². The van der Waals surface area contributed by atoms with Crippen molar-refractivity contribution in [3.05, 3.63) is 48.6 Å². The SMILES string of the molecule is CCCCC/C=C/C/C=C/C/C=C/CCCCC(=O)OC[C@H](CO[C@@H]1O[C@H](CO[C@@H]2O[C@H](CO)[C@H](O)C(O)C2O)[C@H](O)C(O)C1O)OC(=O)CCCCCCC/C=C/CCCCC. The second-order valence-electron chi connectivity index (χ2n) is 16.6. The van der Waals surface area contributed by atoms with Gasteiger partial charge in [-0.15, -0.1) is 0 Å². The molecule has 0 aromatic carbocycles. The van der Waals surface area contributed by atoms with Crippen molar-refractivity contribution in [3.63, 3.8) is 0 Å². The van der Waals surface area contributed by atoms with Crippen molar-refractivity contribution in [2.45, 2.75) is 216 Å². The number of aliphatic hydroxyl groups excluding tert-OH is 7. The molecule has 2 fully saturated rings. The number of hydrogen-bond donors (Lipinski definition) is 7. The summed E-state index contributed by atoms with van der Waals surface area (Å²) in [6.07, 6.45) is 20.1. The summed E-state index contributed by atoms with van der Waals surface area (Å²) in [6.45, 7) is 2.46. The summed E-state index contributed by atoms with van der Waals surface area (Å²) in [6, 6.07) is 0. The van der Waals surface area contributed by atoms with E-state index in [4.69, 9.17) is 28.4 Å². The van der Waals surface area contributed by atoms with E-state index in [9.17, 15) is 45.3 Å². The van der Waals surface area contributed by atoms with Gasteiger partial charge in [-0.3, -0.25) is 9.59 Å². The summed E-state index contributed by atoms with van der Waals surface area (Å²) in [5.74, 6) is -0.985. The smallest absolute Gasteiger partial charge is 0.306 e. The van der Waals surface area contributed by atoms with Gasteiger partial charge >= 0.3 is 11.9 Å². The fraction of sp³-hybridized carbons (Fsp3) is 0.792. The van der Waals surface area contributed by atoms with Crippen LogP contribution < -0.4 is 0 Å². The molecular formula is C48H82O15. The molecule has 0 aromatic heterocycles. The number of carbonyl (C=O) groups is 2. The molecule has 2 saturated heterocycles. The Balaban J connectivity index is 1.87. The Morgan fingerprint density at radius 1 is 0.508 bits per heavy atom. The Bertz CT molecular complexity index is 1290. The predicted molar refractivity (Wildman–Crippen MR) is 238 cm³/mol. The molecule has 0 amide bonds. The molecule has 0 saturated carbocycles. The van der Waals surface area contributed by atoms with Crippen LogP contribution in [0.3, 0.4) is 0 Å². The van der Waals surface area contributed by atoms with Crippen molar-refractivity contribution < 1.29 is 73.8 Å². The van der Waals surface area contributed by atoms with E-state index in [0.29, 0.717) is 12.8 Å². The minimum Gasteiger partial charge on any atom is -0.462 e. The minimum absolute atomic E-state index is 0.145. The summed E-state index contributed by atoms with van der Waals surface area (Å²) >= 11 is 0. The quantitative estimate of drug-likeness (QED) is 0.0235. The molecule has 364 valence electrons. The van der Waals surface area contributed by atoms with Gasteiger partial charge in [0.2, 0.25) is 0 Å². The number of unbranched alkanes of at least 4 members (excludes halogenated alkanes) is 13. The molecule has 2 rings (SSSR count). The summed E-state index contributed by atoms with van der Waals surface area (Å²) in [5, 5.41) is 71.9. The monoisotopic (exact) mass is 899 g/mol. The number of hydrogen-bond acceptors (Lipinski definition) is 15. The molecule has 0 spiro atoms. The molecule has 2 aliphatic rings. The molecule has 0 aromatic rings. The van der Waals surface area contributed by atoms with Gasteiger partial charge < -0.3 is 64.2 Å². The van der Waals surface area contributed by atoms with Crippen LogP contribution in [-0.4, -0.2) is 142 Å². The Morgan fingerprint density at radius 2 is 0.952 bits per heavy atom. The first-order chi connectivity index (χ1) is 30.5. The van der Waals surface area contributed by atoms with E-state index in [1.165, 1.54) is 38.5 Å². The Labute approximate surface area is 376 Å². The maximum Gasteiger partial charge on any atom is 0.306 e. The highest BCUT2D eigenvalue weighted by Gasteiger charge is 2.47. The third-order valence-corrected chi connectivity index (χ3v) is 11.0.